The summed E-state index contributed by atoms with van der Waals surface area (Å²) in [6.07, 6.45) is 16.6. The van der Waals surface area contributed by atoms with Crippen molar-refractivity contribution in [1.82, 2.24) is 0 Å². The van der Waals surface area contributed by atoms with Gasteiger partial charge in [0.15, 0.2) is 12.1 Å². The van der Waals surface area contributed by atoms with Gasteiger partial charge in [-0.15, -0.1) is 0 Å². The highest BCUT2D eigenvalue weighted by Crippen LogP contribution is 2.65. The van der Waals surface area contributed by atoms with Crippen LogP contribution >= 0.6 is 0 Å². The zero-order valence-corrected chi connectivity index (χ0v) is 17.1. The molecule has 150 valence electrons. The van der Waals surface area contributed by atoms with E-state index in [9.17, 15) is 4.79 Å². The molecule has 0 bridgehead atoms. The minimum Gasteiger partial charge on any atom is -0.353 e. The lowest BCUT2D eigenvalue weighted by Gasteiger charge is -2.58. The fourth-order valence-electron chi connectivity index (χ4n) is 7.81. The molecule has 5 rings (SSSR count). The lowest BCUT2D eigenvalue weighted by Crippen LogP contribution is -2.53. The summed E-state index contributed by atoms with van der Waals surface area (Å²) in [5, 5.41) is 0. The molecule has 1 aliphatic heterocycles. The molecule has 0 amide bonds. The molecule has 1 saturated heterocycles. The van der Waals surface area contributed by atoms with Crippen molar-refractivity contribution in [1.29, 1.82) is 0 Å². The number of carbonyl (C=O) groups excluding carboxylic acids is 1. The first-order chi connectivity index (χ1) is 13.0. The smallest absolute Gasteiger partial charge is 0.157 e. The van der Waals surface area contributed by atoms with Gasteiger partial charge in [0.25, 0.3) is 0 Å². The van der Waals surface area contributed by atoms with Gasteiger partial charge in [0.1, 0.15) is 0 Å². The molecule has 4 aliphatic carbocycles. The SMILES string of the molecule is C[C@]12C=CC(=O)C[C@@H]1CC[C@@H]1[C@@H]2CC[C@]2(C)[C@@H](OC3CCCCO3)CC[C@@H]12. The van der Waals surface area contributed by atoms with Gasteiger partial charge in [-0.1, -0.05) is 19.9 Å². The summed E-state index contributed by atoms with van der Waals surface area (Å²) in [5.74, 6) is 3.27. The Kier molecular flexibility index (Phi) is 4.55. The van der Waals surface area contributed by atoms with Crippen LogP contribution in [0.5, 0.6) is 0 Å². The van der Waals surface area contributed by atoms with Crippen LogP contribution in [-0.4, -0.2) is 24.8 Å². The molecule has 8 atom stereocenters. The summed E-state index contributed by atoms with van der Waals surface area (Å²) >= 11 is 0. The number of ether oxygens (including phenoxy) is 2. The van der Waals surface area contributed by atoms with Crippen LogP contribution in [0, 0.1) is 34.5 Å². The van der Waals surface area contributed by atoms with Gasteiger partial charge >= 0.3 is 0 Å². The normalized spacial score (nSPS) is 52.1. The van der Waals surface area contributed by atoms with E-state index in [2.05, 4.69) is 19.9 Å². The molecule has 3 saturated carbocycles. The second-order valence-corrected chi connectivity index (χ2v) is 10.6. The summed E-state index contributed by atoms with van der Waals surface area (Å²) in [6.45, 7) is 5.84. The summed E-state index contributed by atoms with van der Waals surface area (Å²) in [7, 11) is 0. The summed E-state index contributed by atoms with van der Waals surface area (Å²) in [6, 6.07) is 0. The molecule has 4 fully saturated rings. The number of carbonyl (C=O) groups is 1. The maximum atomic E-state index is 12.0. The van der Waals surface area contributed by atoms with Crippen molar-refractivity contribution >= 4 is 5.78 Å². The standard InChI is InChI=1S/C24H36O3/c1-23-12-10-17(25)15-16(23)6-7-18-19-8-9-21(24(19,2)13-11-20(18)23)27-22-5-3-4-14-26-22/h10,12,16,18-22H,3-9,11,13-15H2,1-2H3/t16-,18-,19-,20-,21-,22?,23-,24-/m0/s1. The average molecular weight is 373 g/mol. The van der Waals surface area contributed by atoms with Crippen molar-refractivity contribution in [2.24, 2.45) is 34.5 Å². The molecule has 0 radical (unpaired) electrons. The molecule has 1 heterocycles. The largest absolute Gasteiger partial charge is 0.353 e. The molecule has 0 spiro atoms. The molecule has 27 heavy (non-hydrogen) atoms. The van der Waals surface area contributed by atoms with Gasteiger partial charge in [0.2, 0.25) is 0 Å². The van der Waals surface area contributed by atoms with Gasteiger partial charge in [-0.05, 0) is 98.4 Å². The minimum absolute atomic E-state index is 0.0394. The van der Waals surface area contributed by atoms with E-state index in [0.29, 0.717) is 23.2 Å². The third-order valence-electron chi connectivity index (χ3n) is 9.41. The van der Waals surface area contributed by atoms with Gasteiger partial charge in [-0.2, -0.15) is 0 Å². The third-order valence-corrected chi connectivity index (χ3v) is 9.41. The van der Waals surface area contributed by atoms with Crippen LogP contribution < -0.4 is 0 Å². The summed E-state index contributed by atoms with van der Waals surface area (Å²) in [4.78, 5) is 12.0. The van der Waals surface area contributed by atoms with E-state index in [-0.39, 0.29) is 11.7 Å². The van der Waals surface area contributed by atoms with Crippen LogP contribution in [0.25, 0.3) is 0 Å². The van der Waals surface area contributed by atoms with E-state index >= 15 is 0 Å². The highest BCUT2D eigenvalue weighted by Gasteiger charge is 2.60. The van der Waals surface area contributed by atoms with Gasteiger partial charge in [0, 0.05) is 13.0 Å². The maximum Gasteiger partial charge on any atom is 0.157 e. The molecular formula is C24H36O3. The Morgan fingerprint density at radius 2 is 1.93 bits per heavy atom. The Morgan fingerprint density at radius 3 is 2.74 bits per heavy atom. The Labute approximate surface area is 164 Å². The predicted octanol–water partition coefficient (Wildman–Crippen LogP) is 5.29. The lowest BCUT2D eigenvalue weighted by atomic mass is 9.46. The quantitative estimate of drug-likeness (QED) is 0.661. The minimum atomic E-state index is 0.0394. The molecule has 1 unspecified atom stereocenters. The first-order valence-corrected chi connectivity index (χ1v) is 11.5. The van der Waals surface area contributed by atoms with Crippen molar-refractivity contribution in [2.75, 3.05) is 6.61 Å². The van der Waals surface area contributed by atoms with Crippen molar-refractivity contribution in [2.45, 2.75) is 90.4 Å². The van der Waals surface area contributed by atoms with Gasteiger partial charge in [0.05, 0.1) is 6.10 Å². The molecule has 0 aromatic heterocycles. The van der Waals surface area contributed by atoms with Crippen LogP contribution in [0.2, 0.25) is 0 Å². The second-order valence-electron chi connectivity index (χ2n) is 10.6. The molecule has 0 aromatic carbocycles. The van der Waals surface area contributed by atoms with Crippen molar-refractivity contribution < 1.29 is 14.3 Å². The third kappa shape index (κ3) is 2.87. The predicted molar refractivity (Wildman–Crippen MR) is 105 cm³/mol. The van der Waals surface area contributed by atoms with Gasteiger partial charge < -0.3 is 9.47 Å². The van der Waals surface area contributed by atoms with E-state index in [4.69, 9.17) is 9.47 Å². The number of hydrogen-bond donors (Lipinski definition) is 0. The van der Waals surface area contributed by atoms with Crippen molar-refractivity contribution in [3.05, 3.63) is 12.2 Å². The van der Waals surface area contributed by atoms with E-state index in [1.54, 1.807) is 0 Å². The van der Waals surface area contributed by atoms with Crippen LogP contribution in [0.15, 0.2) is 12.2 Å². The van der Waals surface area contributed by atoms with E-state index in [0.717, 1.165) is 37.2 Å². The fraction of sp³-hybridized carbons (Fsp3) is 0.875. The first-order valence-electron chi connectivity index (χ1n) is 11.5. The molecule has 5 aliphatic rings. The van der Waals surface area contributed by atoms with Crippen molar-refractivity contribution in [3.8, 4) is 0 Å². The molecule has 0 aromatic rings. The molecule has 0 N–H and O–H groups in total. The zero-order valence-electron chi connectivity index (χ0n) is 17.1. The summed E-state index contributed by atoms with van der Waals surface area (Å²) in [5.41, 5.74) is 0.558. The maximum absolute atomic E-state index is 12.0. The highest BCUT2D eigenvalue weighted by atomic mass is 16.7. The Bertz CT molecular complexity index is 621. The molecule has 3 heteroatoms. The summed E-state index contributed by atoms with van der Waals surface area (Å²) < 4.78 is 12.5. The second kappa shape index (κ2) is 6.69. The van der Waals surface area contributed by atoms with Crippen LogP contribution in [0.4, 0.5) is 0 Å². The topological polar surface area (TPSA) is 35.5 Å². The van der Waals surface area contributed by atoms with Crippen LogP contribution in [0.3, 0.4) is 0 Å². The van der Waals surface area contributed by atoms with E-state index < -0.39 is 0 Å². The first kappa shape index (κ1) is 18.4. The number of allylic oxidation sites excluding steroid dienone is 2. The van der Waals surface area contributed by atoms with Gasteiger partial charge in [-0.3, -0.25) is 4.79 Å². The number of hydrogen-bond acceptors (Lipinski definition) is 3. The molecule has 3 nitrogen and oxygen atoms in total. The van der Waals surface area contributed by atoms with Crippen molar-refractivity contribution in [3.63, 3.8) is 0 Å². The van der Waals surface area contributed by atoms with E-state index in [1.165, 1.54) is 51.4 Å². The monoisotopic (exact) mass is 372 g/mol. The lowest BCUT2D eigenvalue weighted by molar-refractivity contribution is -0.217. The van der Waals surface area contributed by atoms with E-state index in [1.807, 2.05) is 6.08 Å². The average Bonchev–Trinajstić information content (AvgIpc) is 3.00. The highest BCUT2D eigenvalue weighted by molar-refractivity contribution is 5.91. The van der Waals surface area contributed by atoms with Gasteiger partial charge in [-0.25, -0.2) is 0 Å². The fourth-order valence-corrected chi connectivity index (χ4v) is 7.81. The molecular weight excluding hydrogens is 336 g/mol. The number of fused-ring (bicyclic) bond motifs is 5. The number of ketones is 1. The van der Waals surface area contributed by atoms with Crippen LogP contribution in [-0.2, 0) is 14.3 Å². The Hall–Kier alpha value is -0.670. The van der Waals surface area contributed by atoms with Crippen LogP contribution in [0.1, 0.15) is 78.1 Å². The zero-order chi connectivity index (χ0) is 18.6. The number of rotatable bonds is 2. The Morgan fingerprint density at radius 1 is 1.04 bits per heavy atom. The Balaban J connectivity index is 1.35.